The van der Waals surface area contributed by atoms with Crippen LogP contribution in [0.25, 0.3) is 6.08 Å². The van der Waals surface area contributed by atoms with Gasteiger partial charge < -0.3 is 5.11 Å². The van der Waals surface area contributed by atoms with Gasteiger partial charge in [-0.1, -0.05) is 35.3 Å². The molecule has 0 bridgehead atoms. The minimum Gasteiger partial charge on any atom is -0.376 e. The van der Waals surface area contributed by atoms with Crippen molar-refractivity contribution in [3.8, 4) is 0 Å². The Morgan fingerprint density at radius 1 is 1.07 bits per heavy atom. The zero-order valence-electron chi connectivity index (χ0n) is 14.0. The van der Waals surface area contributed by atoms with Gasteiger partial charge in [-0.3, -0.25) is 0 Å². The molecule has 0 aliphatic heterocycles. The van der Waals surface area contributed by atoms with Crippen molar-refractivity contribution in [1.82, 2.24) is 0 Å². The van der Waals surface area contributed by atoms with Gasteiger partial charge in [0, 0.05) is 6.26 Å². The maximum atomic E-state index is 13.3. The second kappa shape index (κ2) is 8.69. The number of halogens is 5. The zero-order chi connectivity index (χ0) is 21.1. The van der Waals surface area contributed by atoms with Gasteiger partial charge in [-0.25, -0.2) is 16.8 Å². The molecule has 0 amide bonds. The van der Waals surface area contributed by atoms with Crippen LogP contribution in [0, 0.1) is 0 Å². The van der Waals surface area contributed by atoms with Gasteiger partial charge in [0.1, 0.15) is 9.84 Å². The molecule has 0 saturated carbocycles. The summed E-state index contributed by atoms with van der Waals surface area (Å²) < 4.78 is 85.8. The number of sulfone groups is 2. The van der Waals surface area contributed by atoms with Crippen LogP contribution in [0.5, 0.6) is 0 Å². The number of rotatable bonds is 8. The Hall–Kier alpha value is -0.810. The molecule has 0 aliphatic carbocycles. The summed E-state index contributed by atoms with van der Waals surface area (Å²) in [6, 6.07) is 3.91. The molecule has 0 heterocycles. The molecule has 0 aliphatic rings. The number of benzene rings is 1. The highest BCUT2D eigenvalue weighted by molar-refractivity contribution is 7.92. The first-order valence-corrected chi connectivity index (χ1v) is 12.0. The normalized spacial score (nSPS) is 15.8. The number of hydrogen-bond donors (Lipinski definition) is 1. The third-order valence-corrected chi connectivity index (χ3v) is 6.96. The second-order valence-electron chi connectivity index (χ2n) is 6.00. The van der Waals surface area contributed by atoms with Crippen LogP contribution >= 0.6 is 23.2 Å². The van der Waals surface area contributed by atoms with Crippen LogP contribution in [0.2, 0.25) is 10.0 Å². The Labute approximate surface area is 165 Å². The van der Waals surface area contributed by atoms with Crippen molar-refractivity contribution in [3.05, 3.63) is 39.9 Å². The van der Waals surface area contributed by atoms with Crippen molar-refractivity contribution in [2.75, 3.05) is 23.5 Å². The fourth-order valence-electron chi connectivity index (χ4n) is 2.02. The van der Waals surface area contributed by atoms with Gasteiger partial charge in [0.05, 0.1) is 27.3 Å². The number of aliphatic hydroxyl groups is 1. The summed E-state index contributed by atoms with van der Waals surface area (Å²) in [7, 11) is -7.86. The Morgan fingerprint density at radius 2 is 1.67 bits per heavy atom. The van der Waals surface area contributed by atoms with E-state index in [1.165, 1.54) is 18.2 Å². The lowest BCUT2D eigenvalue weighted by Gasteiger charge is -2.27. The minimum atomic E-state index is -5.27. The van der Waals surface area contributed by atoms with Crippen LogP contribution in [0.15, 0.2) is 24.3 Å². The van der Waals surface area contributed by atoms with E-state index in [0.717, 1.165) is 12.3 Å². The summed E-state index contributed by atoms with van der Waals surface area (Å²) in [5, 5.41) is 10.2. The van der Waals surface area contributed by atoms with Gasteiger partial charge in [0.25, 0.3) is 0 Å². The van der Waals surface area contributed by atoms with Crippen molar-refractivity contribution in [3.63, 3.8) is 0 Å². The third-order valence-electron chi connectivity index (χ3n) is 3.40. The summed E-state index contributed by atoms with van der Waals surface area (Å²) in [6.45, 7) is 0. The van der Waals surface area contributed by atoms with Gasteiger partial charge >= 0.3 is 6.18 Å². The molecule has 5 nitrogen and oxygen atoms in total. The van der Waals surface area contributed by atoms with E-state index in [0.29, 0.717) is 6.08 Å². The Bertz CT molecular complexity index is 912. The summed E-state index contributed by atoms with van der Waals surface area (Å²) in [4.78, 5) is 0. The van der Waals surface area contributed by atoms with E-state index in [4.69, 9.17) is 23.2 Å². The van der Waals surface area contributed by atoms with Crippen LogP contribution in [0.3, 0.4) is 0 Å². The lowest BCUT2D eigenvalue weighted by Crippen LogP contribution is -2.49. The molecule has 27 heavy (non-hydrogen) atoms. The molecule has 1 rings (SSSR count). The highest BCUT2D eigenvalue weighted by Gasteiger charge is 2.54. The molecule has 1 N–H and O–H groups in total. The maximum Gasteiger partial charge on any atom is 0.421 e. The van der Waals surface area contributed by atoms with Gasteiger partial charge in [-0.05, 0) is 30.2 Å². The van der Waals surface area contributed by atoms with Gasteiger partial charge in [-0.2, -0.15) is 13.2 Å². The van der Waals surface area contributed by atoms with Crippen LogP contribution in [-0.2, 0) is 19.7 Å². The average molecular weight is 469 g/mol. The molecule has 0 aromatic heterocycles. The summed E-state index contributed by atoms with van der Waals surface area (Å²) in [5.74, 6) is -2.93. The predicted octanol–water partition coefficient (Wildman–Crippen LogP) is 3.15. The monoisotopic (exact) mass is 468 g/mol. The molecule has 0 fully saturated rings. The Kier molecular flexibility index (Phi) is 7.80. The maximum absolute atomic E-state index is 13.3. The summed E-state index contributed by atoms with van der Waals surface area (Å²) in [6.07, 6.45) is -3.57. The van der Waals surface area contributed by atoms with Crippen molar-refractivity contribution in [2.24, 2.45) is 0 Å². The van der Waals surface area contributed by atoms with Gasteiger partial charge in [-0.15, -0.1) is 0 Å². The fraction of sp³-hybridized carbons (Fsp3) is 0.467. The standard InChI is InChI=1S/C15H17Cl2F3O5S2/c1-26(22,23)7-2-8-27(24,25)10-14(21,15(18,19)20)6-5-11-3-4-12(16)13(17)9-11/h3-6,9,21H,2,7-8,10H2,1H3/b6-5+. The van der Waals surface area contributed by atoms with Crippen molar-refractivity contribution in [2.45, 2.75) is 18.2 Å². The number of alkyl halides is 3. The SMILES string of the molecule is CS(=O)(=O)CCCS(=O)(=O)CC(O)(/C=C/c1ccc(Cl)c(Cl)c1)C(F)(F)F. The van der Waals surface area contributed by atoms with E-state index in [2.05, 4.69) is 0 Å². The molecule has 0 spiro atoms. The highest BCUT2D eigenvalue weighted by atomic mass is 35.5. The molecule has 0 saturated heterocycles. The van der Waals surface area contributed by atoms with E-state index >= 15 is 0 Å². The fourth-order valence-corrected chi connectivity index (χ4v) is 4.84. The molecule has 1 aromatic carbocycles. The first-order chi connectivity index (χ1) is 12.0. The topological polar surface area (TPSA) is 88.5 Å². The molecular weight excluding hydrogens is 452 g/mol. The first kappa shape index (κ1) is 24.2. The van der Waals surface area contributed by atoms with E-state index in [9.17, 15) is 35.1 Å². The van der Waals surface area contributed by atoms with Crippen molar-refractivity contribution >= 4 is 49.0 Å². The van der Waals surface area contributed by atoms with E-state index in [1.54, 1.807) is 0 Å². The summed E-state index contributed by atoms with van der Waals surface area (Å²) in [5.41, 5.74) is -3.48. The average Bonchev–Trinajstić information content (AvgIpc) is 2.45. The van der Waals surface area contributed by atoms with E-state index < -0.39 is 48.7 Å². The van der Waals surface area contributed by atoms with Crippen LogP contribution in [0.4, 0.5) is 13.2 Å². The van der Waals surface area contributed by atoms with Crippen LogP contribution < -0.4 is 0 Å². The zero-order valence-corrected chi connectivity index (χ0v) is 17.1. The van der Waals surface area contributed by atoms with E-state index in [-0.39, 0.29) is 22.0 Å². The molecule has 0 radical (unpaired) electrons. The predicted molar refractivity (Wildman–Crippen MR) is 99.5 cm³/mol. The quantitative estimate of drug-likeness (QED) is 0.632. The molecule has 1 atom stereocenters. The Morgan fingerprint density at radius 3 is 2.15 bits per heavy atom. The third kappa shape index (κ3) is 7.98. The van der Waals surface area contributed by atoms with Crippen molar-refractivity contribution < 1.29 is 35.1 Å². The lowest BCUT2D eigenvalue weighted by molar-refractivity contribution is -0.230. The molecular formula is C15H17Cl2F3O5S2. The lowest BCUT2D eigenvalue weighted by atomic mass is 10.0. The number of hydrogen-bond acceptors (Lipinski definition) is 5. The van der Waals surface area contributed by atoms with Gasteiger partial charge in [0.2, 0.25) is 0 Å². The summed E-state index contributed by atoms with van der Waals surface area (Å²) >= 11 is 11.5. The Balaban J connectivity index is 3.05. The van der Waals surface area contributed by atoms with E-state index in [1.807, 2.05) is 0 Å². The highest BCUT2D eigenvalue weighted by Crippen LogP contribution is 2.34. The first-order valence-electron chi connectivity index (χ1n) is 7.36. The molecule has 12 heteroatoms. The molecule has 154 valence electrons. The minimum absolute atomic E-state index is 0.0720. The second-order valence-corrected chi connectivity index (χ2v) is 11.3. The van der Waals surface area contributed by atoms with Crippen LogP contribution in [0.1, 0.15) is 12.0 Å². The smallest absolute Gasteiger partial charge is 0.376 e. The largest absolute Gasteiger partial charge is 0.421 e. The molecule has 1 aromatic rings. The molecule has 1 unspecified atom stereocenters. The van der Waals surface area contributed by atoms with Crippen molar-refractivity contribution in [1.29, 1.82) is 0 Å². The van der Waals surface area contributed by atoms with Gasteiger partial charge in [0.15, 0.2) is 15.4 Å². The van der Waals surface area contributed by atoms with Crippen LogP contribution in [-0.4, -0.2) is 57.2 Å².